The zero-order valence-corrected chi connectivity index (χ0v) is 14.2. The maximum Gasteiger partial charge on any atom is 0.416 e. The van der Waals surface area contributed by atoms with Crippen LogP contribution in [0.4, 0.5) is 30.2 Å². The van der Waals surface area contributed by atoms with Gasteiger partial charge in [-0.05, 0) is 36.4 Å². The van der Waals surface area contributed by atoms with Gasteiger partial charge in [-0.15, -0.1) is 0 Å². The Hall–Kier alpha value is -3.03. The lowest BCUT2D eigenvalue weighted by molar-refractivity contribution is -0.137. The SMILES string of the molecule is O=C1Nc2ccc(N3CCN(c4cccc(C(F)(F)F)c4)CC3)cc2C1=O. The molecule has 2 aromatic carbocycles. The van der Waals surface area contributed by atoms with Crippen LogP contribution < -0.4 is 15.1 Å². The number of nitrogens with one attached hydrogen (secondary N) is 1. The van der Waals surface area contributed by atoms with Gasteiger partial charge in [0.15, 0.2) is 0 Å². The first-order chi connectivity index (χ1) is 12.8. The average Bonchev–Trinajstić information content (AvgIpc) is 2.95. The quantitative estimate of drug-likeness (QED) is 0.820. The summed E-state index contributed by atoms with van der Waals surface area (Å²) in [4.78, 5) is 27.3. The number of Topliss-reactive ketones (excluding diaryl/α,β-unsaturated/α-hetero) is 1. The van der Waals surface area contributed by atoms with Crippen molar-refractivity contribution in [3.63, 3.8) is 0 Å². The Labute approximate surface area is 153 Å². The fourth-order valence-electron chi connectivity index (χ4n) is 3.43. The number of benzene rings is 2. The van der Waals surface area contributed by atoms with Crippen molar-refractivity contribution in [1.82, 2.24) is 0 Å². The molecular weight excluding hydrogens is 359 g/mol. The summed E-state index contributed by atoms with van der Waals surface area (Å²) in [5.74, 6) is -1.18. The number of nitrogens with zero attached hydrogens (tertiary/aromatic N) is 2. The second-order valence-corrected chi connectivity index (χ2v) is 6.54. The first-order valence-electron chi connectivity index (χ1n) is 8.50. The Morgan fingerprint density at radius 1 is 0.852 bits per heavy atom. The first-order valence-corrected chi connectivity index (χ1v) is 8.50. The van der Waals surface area contributed by atoms with E-state index in [-0.39, 0.29) is 0 Å². The number of piperazine rings is 1. The van der Waals surface area contributed by atoms with Crippen molar-refractivity contribution in [2.75, 3.05) is 41.3 Å². The lowest BCUT2D eigenvalue weighted by Crippen LogP contribution is -2.46. The molecule has 140 valence electrons. The molecule has 1 fully saturated rings. The highest BCUT2D eigenvalue weighted by Crippen LogP contribution is 2.33. The number of carbonyl (C=O) groups is 2. The molecule has 0 radical (unpaired) electrons. The molecule has 2 aliphatic rings. The van der Waals surface area contributed by atoms with Gasteiger partial charge in [0.05, 0.1) is 16.8 Å². The third-order valence-corrected chi connectivity index (χ3v) is 4.89. The van der Waals surface area contributed by atoms with Gasteiger partial charge >= 0.3 is 6.18 Å². The standard InChI is InChI=1S/C19H16F3N3O2/c20-19(21,22)12-2-1-3-13(10-12)24-6-8-25(9-7-24)14-4-5-16-15(11-14)17(26)18(27)23-16/h1-5,10-11H,6-9H2,(H,23,26,27). The summed E-state index contributed by atoms with van der Waals surface area (Å²) in [6.45, 7) is 2.32. The van der Waals surface area contributed by atoms with Crippen molar-refractivity contribution in [2.45, 2.75) is 6.18 Å². The van der Waals surface area contributed by atoms with Crippen molar-refractivity contribution in [1.29, 1.82) is 0 Å². The number of halogens is 3. The summed E-state index contributed by atoms with van der Waals surface area (Å²) in [5.41, 5.74) is 1.58. The van der Waals surface area contributed by atoms with Gasteiger partial charge in [-0.3, -0.25) is 9.59 Å². The van der Waals surface area contributed by atoms with Crippen LogP contribution in [0.15, 0.2) is 42.5 Å². The van der Waals surface area contributed by atoms with E-state index in [1.807, 2.05) is 11.0 Å². The molecule has 4 rings (SSSR count). The van der Waals surface area contributed by atoms with E-state index in [4.69, 9.17) is 0 Å². The molecule has 1 saturated heterocycles. The first kappa shape index (κ1) is 17.4. The number of hydrogen-bond acceptors (Lipinski definition) is 4. The number of fused-ring (bicyclic) bond motifs is 1. The highest BCUT2D eigenvalue weighted by molar-refractivity contribution is 6.51. The second-order valence-electron chi connectivity index (χ2n) is 6.54. The number of alkyl halides is 3. The van der Waals surface area contributed by atoms with Gasteiger partial charge in [0.2, 0.25) is 0 Å². The minimum atomic E-state index is -4.36. The van der Waals surface area contributed by atoms with Crippen LogP contribution in [0.3, 0.4) is 0 Å². The zero-order valence-electron chi connectivity index (χ0n) is 14.2. The summed E-state index contributed by atoms with van der Waals surface area (Å²) < 4.78 is 38.7. The summed E-state index contributed by atoms with van der Waals surface area (Å²) in [5, 5.41) is 2.52. The van der Waals surface area contributed by atoms with Crippen molar-refractivity contribution >= 4 is 28.8 Å². The highest BCUT2D eigenvalue weighted by Gasteiger charge is 2.31. The average molecular weight is 375 g/mol. The van der Waals surface area contributed by atoms with Crippen LogP contribution in [0, 0.1) is 0 Å². The molecule has 8 heteroatoms. The number of anilines is 3. The van der Waals surface area contributed by atoms with Gasteiger partial charge in [-0.25, -0.2) is 0 Å². The minimum Gasteiger partial charge on any atom is -0.368 e. The van der Waals surface area contributed by atoms with Crippen LogP contribution in [0.2, 0.25) is 0 Å². The molecule has 2 aliphatic heterocycles. The maximum absolute atomic E-state index is 12.9. The Balaban J connectivity index is 1.47. The van der Waals surface area contributed by atoms with Crippen LogP contribution in [0.25, 0.3) is 0 Å². The molecule has 0 aliphatic carbocycles. The van der Waals surface area contributed by atoms with Gasteiger partial charge < -0.3 is 15.1 Å². The smallest absolute Gasteiger partial charge is 0.368 e. The number of rotatable bonds is 2. The molecule has 0 aromatic heterocycles. The van der Waals surface area contributed by atoms with E-state index in [2.05, 4.69) is 10.2 Å². The van der Waals surface area contributed by atoms with E-state index in [1.54, 1.807) is 18.2 Å². The molecule has 2 aromatic rings. The van der Waals surface area contributed by atoms with Gasteiger partial charge in [-0.1, -0.05) is 6.07 Å². The largest absolute Gasteiger partial charge is 0.416 e. The van der Waals surface area contributed by atoms with Crippen molar-refractivity contribution in [2.24, 2.45) is 0 Å². The Morgan fingerprint density at radius 3 is 2.11 bits per heavy atom. The predicted octanol–water partition coefficient (Wildman–Crippen LogP) is 3.17. The van der Waals surface area contributed by atoms with Gasteiger partial charge in [-0.2, -0.15) is 13.2 Å². The Morgan fingerprint density at radius 2 is 1.48 bits per heavy atom. The van der Waals surface area contributed by atoms with Gasteiger partial charge in [0.25, 0.3) is 11.7 Å². The van der Waals surface area contributed by atoms with Crippen LogP contribution in [0.5, 0.6) is 0 Å². The maximum atomic E-state index is 12.9. The molecule has 0 saturated carbocycles. The fraction of sp³-hybridized carbons (Fsp3) is 0.263. The van der Waals surface area contributed by atoms with E-state index < -0.39 is 23.4 Å². The van der Waals surface area contributed by atoms with Crippen LogP contribution >= 0.6 is 0 Å². The van der Waals surface area contributed by atoms with Crippen LogP contribution in [-0.4, -0.2) is 37.9 Å². The van der Waals surface area contributed by atoms with Crippen molar-refractivity contribution < 1.29 is 22.8 Å². The minimum absolute atomic E-state index is 0.359. The highest BCUT2D eigenvalue weighted by atomic mass is 19.4. The predicted molar refractivity (Wildman–Crippen MR) is 95.3 cm³/mol. The Kier molecular flexibility index (Phi) is 4.05. The van der Waals surface area contributed by atoms with Crippen LogP contribution in [-0.2, 0) is 11.0 Å². The molecule has 5 nitrogen and oxygen atoms in total. The Bertz CT molecular complexity index is 919. The molecule has 1 N–H and O–H groups in total. The summed E-state index contributed by atoms with van der Waals surface area (Å²) in [6, 6.07) is 10.5. The third-order valence-electron chi connectivity index (χ3n) is 4.89. The molecule has 0 bridgehead atoms. The number of amides is 1. The number of hydrogen-bond donors (Lipinski definition) is 1. The molecule has 0 spiro atoms. The van der Waals surface area contributed by atoms with E-state index in [0.29, 0.717) is 43.1 Å². The van der Waals surface area contributed by atoms with E-state index in [1.165, 1.54) is 12.1 Å². The summed E-state index contributed by atoms with van der Waals surface area (Å²) in [7, 11) is 0. The summed E-state index contributed by atoms with van der Waals surface area (Å²) in [6.07, 6.45) is -4.36. The fourth-order valence-corrected chi connectivity index (χ4v) is 3.43. The van der Waals surface area contributed by atoms with Gasteiger partial charge in [0.1, 0.15) is 0 Å². The van der Waals surface area contributed by atoms with Crippen LogP contribution in [0.1, 0.15) is 15.9 Å². The molecular formula is C19H16F3N3O2. The number of carbonyl (C=O) groups excluding carboxylic acids is 2. The van der Waals surface area contributed by atoms with Gasteiger partial charge in [0, 0.05) is 37.6 Å². The topological polar surface area (TPSA) is 52.7 Å². The summed E-state index contributed by atoms with van der Waals surface area (Å²) >= 11 is 0. The molecule has 0 unspecified atom stereocenters. The van der Waals surface area contributed by atoms with E-state index >= 15 is 0 Å². The number of ketones is 1. The zero-order chi connectivity index (χ0) is 19.2. The molecule has 27 heavy (non-hydrogen) atoms. The van der Waals surface area contributed by atoms with E-state index in [0.717, 1.165) is 11.8 Å². The van der Waals surface area contributed by atoms with E-state index in [9.17, 15) is 22.8 Å². The third kappa shape index (κ3) is 3.22. The van der Waals surface area contributed by atoms with Crippen molar-refractivity contribution in [3.8, 4) is 0 Å². The normalized spacial score (nSPS) is 17.1. The lowest BCUT2D eigenvalue weighted by atomic mass is 10.1. The monoisotopic (exact) mass is 375 g/mol. The van der Waals surface area contributed by atoms with Crippen molar-refractivity contribution in [3.05, 3.63) is 53.6 Å². The second kappa shape index (κ2) is 6.29. The molecule has 1 amide bonds. The molecule has 0 atom stereocenters. The molecule has 2 heterocycles. The lowest BCUT2D eigenvalue weighted by Gasteiger charge is -2.37.